The van der Waals surface area contributed by atoms with Gasteiger partial charge in [-0.2, -0.15) is 0 Å². The van der Waals surface area contributed by atoms with Gasteiger partial charge in [0.05, 0.1) is 25.3 Å². The zero-order chi connectivity index (χ0) is 21.8. The number of ether oxygens (including phenoxy) is 1. The molecule has 0 unspecified atom stereocenters. The summed E-state index contributed by atoms with van der Waals surface area (Å²) < 4.78 is 7.65. The maximum absolute atomic E-state index is 13.1. The van der Waals surface area contributed by atoms with E-state index in [1.54, 1.807) is 7.11 Å². The maximum atomic E-state index is 13.1. The van der Waals surface area contributed by atoms with Crippen LogP contribution < -0.4 is 10.1 Å². The van der Waals surface area contributed by atoms with Crippen molar-refractivity contribution in [2.24, 2.45) is 13.0 Å². The van der Waals surface area contributed by atoms with Crippen LogP contribution in [0.1, 0.15) is 43.5 Å². The number of hydrogen-bond acceptors (Lipinski definition) is 4. The zero-order valence-electron chi connectivity index (χ0n) is 18.9. The first-order chi connectivity index (χ1) is 15.0. The number of carbonyl (C=O) groups excluding carboxylic acids is 1. The quantitative estimate of drug-likeness (QED) is 0.745. The molecule has 7 nitrogen and oxygen atoms in total. The third kappa shape index (κ3) is 3.29. The van der Waals surface area contributed by atoms with Gasteiger partial charge in [0.15, 0.2) is 0 Å². The minimum atomic E-state index is -0.349. The van der Waals surface area contributed by atoms with Crippen LogP contribution in [0, 0.1) is 5.92 Å². The van der Waals surface area contributed by atoms with Gasteiger partial charge in [-0.1, -0.05) is 6.92 Å². The lowest BCUT2D eigenvalue weighted by atomic mass is 9.68. The first-order valence-electron chi connectivity index (χ1n) is 11.6. The van der Waals surface area contributed by atoms with Crippen molar-refractivity contribution < 1.29 is 14.6 Å². The fourth-order valence-electron chi connectivity index (χ4n) is 5.77. The van der Waals surface area contributed by atoms with E-state index in [1.165, 1.54) is 30.3 Å². The van der Waals surface area contributed by atoms with E-state index in [2.05, 4.69) is 33.8 Å². The van der Waals surface area contributed by atoms with Crippen LogP contribution in [0.25, 0.3) is 10.9 Å². The summed E-state index contributed by atoms with van der Waals surface area (Å²) in [6, 6.07) is 5.82. The van der Waals surface area contributed by atoms with Gasteiger partial charge in [0.1, 0.15) is 5.75 Å². The average Bonchev–Trinajstić information content (AvgIpc) is 3.53. The first-order valence-corrected chi connectivity index (χ1v) is 11.6. The zero-order valence-corrected chi connectivity index (χ0v) is 18.9. The molecule has 3 aliphatic rings. The topological polar surface area (TPSA) is 70.0 Å². The number of aliphatic hydroxyl groups excluding tert-OH is 1. The summed E-state index contributed by atoms with van der Waals surface area (Å²) in [6.45, 7) is 6.37. The molecule has 1 saturated carbocycles. The molecule has 2 aromatic rings. The summed E-state index contributed by atoms with van der Waals surface area (Å²) in [5, 5.41) is 14.7. The van der Waals surface area contributed by atoms with Gasteiger partial charge < -0.3 is 29.5 Å². The number of nitrogens with zero attached hydrogens (tertiary/aromatic N) is 3. The third-order valence-corrected chi connectivity index (χ3v) is 7.37. The Kier molecular flexibility index (Phi) is 5.13. The molecule has 1 atom stereocenters. The lowest BCUT2D eigenvalue weighted by molar-refractivity contribution is 0.00775. The van der Waals surface area contributed by atoms with Crippen molar-refractivity contribution in [3.05, 3.63) is 29.5 Å². The number of amides is 2. The Balaban J connectivity index is 1.60. The number of nitrogens with one attached hydrogen (secondary N) is 1. The monoisotopic (exact) mass is 426 g/mol. The standard InChI is InChI=1S/C24H34N4O3/c1-4-9-25-23(30)28-15-24(13-27(14-24)11-16-5-6-16)21-18-8-7-17(31-3)10-19(18)26(2)22(21)20(28)12-29/h7-8,10,16,20,29H,4-6,9,11-15H2,1-3H3,(H,25,30)/t20-/m1/s1. The van der Waals surface area contributed by atoms with E-state index in [0.717, 1.165) is 42.4 Å². The molecule has 2 N–H and O–H groups in total. The van der Waals surface area contributed by atoms with Crippen LogP contribution in [0.3, 0.4) is 0 Å². The number of aliphatic hydroxyl groups is 1. The summed E-state index contributed by atoms with van der Waals surface area (Å²) in [4.78, 5) is 17.5. The highest BCUT2D eigenvalue weighted by Crippen LogP contribution is 2.50. The van der Waals surface area contributed by atoms with Crippen LogP contribution in [0.15, 0.2) is 18.2 Å². The molecular weight excluding hydrogens is 392 g/mol. The molecule has 168 valence electrons. The number of carbonyl (C=O) groups is 1. The Morgan fingerprint density at radius 1 is 1.29 bits per heavy atom. The number of urea groups is 1. The number of aromatic nitrogens is 1. The first kappa shape index (κ1) is 20.6. The molecule has 1 aromatic heterocycles. The summed E-state index contributed by atoms with van der Waals surface area (Å²) in [6.07, 6.45) is 3.59. The Morgan fingerprint density at radius 2 is 2.06 bits per heavy atom. The van der Waals surface area contributed by atoms with Gasteiger partial charge in [-0.25, -0.2) is 4.79 Å². The van der Waals surface area contributed by atoms with Gasteiger partial charge >= 0.3 is 6.03 Å². The second-order valence-electron chi connectivity index (χ2n) is 9.65. The van der Waals surface area contributed by atoms with E-state index in [1.807, 2.05) is 18.0 Å². The fourth-order valence-corrected chi connectivity index (χ4v) is 5.77. The predicted molar refractivity (Wildman–Crippen MR) is 121 cm³/mol. The molecule has 5 rings (SSSR count). The average molecular weight is 427 g/mol. The normalized spacial score (nSPS) is 22.5. The molecule has 0 radical (unpaired) electrons. The largest absolute Gasteiger partial charge is 0.497 e. The number of aryl methyl sites for hydroxylation is 1. The van der Waals surface area contributed by atoms with Crippen LogP contribution in [-0.4, -0.2) is 71.9 Å². The third-order valence-electron chi connectivity index (χ3n) is 7.37. The molecule has 1 spiro atoms. The summed E-state index contributed by atoms with van der Waals surface area (Å²) in [7, 11) is 3.73. The predicted octanol–water partition coefficient (Wildman–Crippen LogP) is 2.62. The number of fused-ring (bicyclic) bond motifs is 4. The van der Waals surface area contributed by atoms with Crippen LogP contribution in [0.2, 0.25) is 0 Å². The smallest absolute Gasteiger partial charge is 0.318 e. The molecule has 1 aliphatic carbocycles. The van der Waals surface area contributed by atoms with Crippen molar-refractivity contribution >= 4 is 16.9 Å². The molecule has 2 fully saturated rings. The van der Waals surface area contributed by atoms with E-state index in [9.17, 15) is 9.90 Å². The SMILES string of the molecule is CCCNC(=O)N1CC2(CN(CC3CC3)C2)c2c(n(C)c3cc(OC)ccc23)[C@H]1CO. The highest BCUT2D eigenvalue weighted by molar-refractivity contribution is 5.89. The van der Waals surface area contributed by atoms with Gasteiger partial charge in [-0.15, -0.1) is 0 Å². The van der Waals surface area contributed by atoms with Crippen LogP contribution >= 0.6 is 0 Å². The molecular formula is C24H34N4O3. The van der Waals surface area contributed by atoms with Crippen molar-refractivity contribution in [3.63, 3.8) is 0 Å². The molecule has 1 saturated heterocycles. The summed E-state index contributed by atoms with van der Waals surface area (Å²) >= 11 is 0. The number of hydrogen-bond donors (Lipinski definition) is 2. The molecule has 31 heavy (non-hydrogen) atoms. The highest BCUT2D eigenvalue weighted by atomic mass is 16.5. The van der Waals surface area contributed by atoms with Crippen LogP contribution in [0.4, 0.5) is 4.79 Å². The van der Waals surface area contributed by atoms with Gasteiger partial charge in [0, 0.05) is 62.3 Å². The van der Waals surface area contributed by atoms with Crippen molar-refractivity contribution in [2.45, 2.75) is 37.6 Å². The van der Waals surface area contributed by atoms with E-state index >= 15 is 0 Å². The number of benzene rings is 1. The second-order valence-corrected chi connectivity index (χ2v) is 9.65. The minimum absolute atomic E-state index is 0.0746. The van der Waals surface area contributed by atoms with Gasteiger partial charge in [-0.3, -0.25) is 0 Å². The summed E-state index contributed by atoms with van der Waals surface area (Å²) in [5.41, 5.74) is 3.39. The van der Waals surface area contributed by atoms with Gasteiger partial charge in [0.25, 0.3) is 0 Å². The molecule has 7 heteroatoms. The molecule has 3 heterocycles. The molecule has 0 bridgehead atoms. The van der Waals surface area contributed by atoms with E-state index in [4.69, 9.17) is 4.74 Å². The van der Waals surface area contributed by atoms with Crippen molar-refractivity contribution in [1.82, 2.24) is 19.7 Å². The van der Waals surface area contributed by atoms with Crippen LogP contribution in [0.5, 0.6) is 5.75 Å². The fraction of sp³-hybridized carbons (Fsp3) is 0.625. The van der Waals surface area contributed by atoms with Crippen molar-refractivity contribution in [2.75, 3.05) is 46.4 Å². The summed E-state index contributed by atoms with van der Waals surface area (Å²) in [5.74, 6) is 1.67. The lowest BCUT2D eigenvalue weighted by Gasteiger charge is -2.56. The highest BCUT2D eigenvalue weighted by Gasteiger charge is 2.54. The number of likely N-dealkylation sites (tertiary alicyclic amines) is 1. The minimum Gasteiger partial charge on any atom is -0.497 e. The van der Waals surface area contributed by atoms with Gasteiger partial charge in [0.2, 0.25) is 0 Å². The Hall–Kier alpha value is -2.25. The molecule has 2 aliphatic heterocycles. The molecule has 1 aromatic carbocycles. The Labute approximate surface area is 183 Å². The van der Waals surface area contributed by atoms with Gasteiger partial charge in [-0.05, 0) is 42.9 Å². The Morgan fingerprint density at radius 3 is 2.71 bits per heavy atom. The lowest BCUT2D eigenvalue weighted by Crippen LogP contribution is -2.68. The van der Waals surface area contributed by atoms with E-state index in [0.29, 0.717) is 13.1 Å². The Bertz CT molecular complexity index is 990. The van der Waals surface area contributed by atoms with E-state index < -0.39 is 0 Å². The van der Waals surface area contributed by atoms with Crippen LogP contribution in [-0.2, 0) is 12.5 Å². The second kappa shape index (κ2) is 7.71. The molecule has 2 amide bonds. The maximum Gasteiger partial charge on any atom is 0.318 e. The number of methoxy groups -OCH3 is 1. The van der Waals surface area contributed by atoms with E-state index in [-0.39, 0.29) is 24.1 Å². The van der Waals surface area contributed by atoms with Crippen molar-refractivity contribution in [3.8, 4) is 5.75 Å². The van der Waals surface area contributed by atoms with Crippen molar-refractivity contribution in [1.29, 1.82) is 0 Å². The number of rotatable bonds is 6.